The summed E-state index contributed by atoms with van der Waals surface area (Å²) in [6.45, 7) is 4.40. The number of carbonyl (C=O) groups excluding carboxylic acids is 2. The Morgan fingerprint density at radius 3 is 1.45 bits per heavy atom. The number of carboxylic acids is 1. The lowest BCUT2D eigenvalue weighted by atomic mass is 10.1. The number of rotatable bonds is 36. The van der Waals surface area contributed by atoms with E-state index in [9.17, 15) is 19.5 Å². The molecule has 0 heterocycles. The maximum Gasteiger partial charge on any atom is 0.362 e. The number of quaternary nitrogens is 1. The van der Waals surface area contributed by atoms with Crippen LogP contribution in [0.3, 0.4) is 0 Å². The number of allylic oxidation sites excluding steroid dienone is 16. The number of hydrogen-bond acceptors (Lipinski definition) is 6. The van der Waals surface area contributed by atoms with Crippen LogP contribution in [0.25, 0.3) is 0 Å². The van der Waals surface area contributed by atoms with E-state index in [0.29, 0.717) is 19.3 Å². The van der Waals surface area contributed by atoms with E-state index in [-0.39, 0.29) is 42.7 Å². The molecule has 2 unspecified atom stereocenters. The number of nitrogens with zero attached hydrogens (tertiary/aromatic N) is 1. The van der Waals surface area contributed by atoms with E-state index in [1.165, 1.54) is 0 Å². The molecular formula is C48H78NO7+. The minimum absolute atomic E-state index is 0.0261. The Kier molecular flexibility index (Phi) is 35.6. The molecule has 56 heavy (non-hydrogen) atoms. The molecule has 0 aliphatic carbocycles. The van der Waals surface area contributed by atoms with E-state index < -0.39 is 18.1 Å². The van der Waals surface area contributed by atoms with E-state index in [4.69, 9.17) is 14.2 Å². The lowest BCUT2D eigenvalue weighted by Gasteiger charge is -2.31. The molecule has 0 rings (SSSR count). The van der Waals surface area contributed by atoms with Crippen LogP contribution >= 0.6 is 0 Å². The SMILES string of the molecule is CC/C=C\C/C=C\C/C=C\C/C=C\C/C=C\CCCC(=O)OC(COCCC(C(=O)O)[N+](C)(C)C)COC(=O)CCCCCCC/C=C\C/C=C\C/C=C\CC. The van der Waals surface area contributed by atoms with Crippen molar-refractivity contribution in [2.45, 2.75) is 148 Å². The maximum absolute atomic E-state index is 12.7. The number of carboxylic acid groups (broad SMARTS) is 1. The molecule has 2 atom stereocenters. The fourth-order valence-electron chi connectivity index (χ4n) is 5.49. The highest BCUT2D eigenvalue weighted by molar-refractivity contribution is 5.72. The third-order valence-corrected chi connectivity index (χ3v) is 8.73. The average Bonchev–Trinajstić information content (AvgIpc) is 3.15. The summed E-state index contributed by atoms with van der Waals surface area (Å²) in [4.78, 5) is 36.9. The standard InChI is InChI=1S/C48H77NO7/c1-6-8-10-12-14-16-18-20-22-23-25-27-29-31-33-35-37-39-47(51)56-44(42-54-41-40-45(48(52)53)49(3,4)5)43-55-46(50)38-36-34-32-30-28-26-24-21-19-17-15-13-11-9-7-2/h8-11,14-17,20-22,24-25,27,31,33,44-45H,6-7,12-13,18-19,23,26,28-30,32,34-43H2,1-5H3/p+1/b10-8-,11-9-,16-14-,17-15-,22-20-,24-21-,27-25-,33-31-. The first kappa shape index (κ1) is 52.2. The summed E-state index contributed by atoms with van der Waals surface area (Å²) in [5.74, 6) is -1.58. The lowest BCUT2D eigenvalue weighted by molar-refractivity contribution is -0.887. The van der Waals surface area contributed by atoms with Gasteiger partial charge in [0.2, 0.25) is 0 Å². The van der Waals surface area contributed by atoms with Crippen molar-refractivity contribution in [3.8, 4) is 0 Å². The average molecular weight is 781 g/mol. The van der Waals surface area contributed by atoms with Crippen LogP contribution in [0.5, 0.6) is 0 Å². The first-order valence-corrected chi connectivity index (χ1v) is 21.3. The second kappa shape index (κ2) is 38.1. The molecule has 316 valence electrons. The quantitative estimate of drug-likeness (QED) is 0.0292. The smallest absolute Gasteiger partial charge is 0.362 e. The topological polar surface area (TPSA) is 99.1 Å². The van der Waals surface area contributed by atoms with Gasteiger partial charge in [0.05, 0.1) is 34.4 Å². The zero-order valence-corrected chi connectivity index (χ0v) is 35.8. The Labute approximate surface area is 341 Å². The molecule has 0 aliphatic heterocycles. The second-order valence-corrected chi connectivity index (χ2v) is 14.8. The van der Waals surface area contributed by atoms with E-state index in [2.05, 4.69) is 111 Å². The summed E-state index contributed by atoms with van der Waals surface area (Å²) in [6, 6.07) is -0.633. The maximum atomic E-state index is 12.7. The summed E-state index contributed by atoms with van der Waals surface area (Å²) in [5.41, 5.74) is 0. The molecule has 0 bridgehead atoms. The highest BCUT2D eigenvalue weighted by Gasteiger charge is 2.31. The highest BCUT2D eigenvalue weighted by atomic mass is 16.6. The Hall–Kier alpha value is -3.75. The van der Waals surface area contributed by atoms with Crippen LogP contribution in [0, 0.1) is 0 Å². The summed E-state index contributed by atoms with van der Waals surface area (Å²) in [5, 5.41) is 9.61. The van der Waals surface area contributed by atoms with Crippen molar-refractivity contribution in [1.82, 2.24) is 0 Å². The van der Waals surface area contributed by atoms with Gasteiger partial charge in [-0.2, -0.15) is 0 Å². The van der Waals surface area contributed by atoms with Gasteiger partial charge < -0.3 is 23.8 Å². The first-order chi connectivity index (χ1) is 27.1. The molecular weight excluding hydrogens is 703 g/mol. The van der Waals surface area contributed by atoms with Gasteiger partial charge in [-0.15, -0.1) is 0 Å². The lowest BCUT2D eigenvalue weighted by Crippen LogP contribution is -2.50. The van der Waals surface area contributed by atoms with Crippen LogP contribution in [0.15, 0.2) is 97.2 Å². The van der Waals surface area contributed by atoms with Crippen LogP contribution in [0.2, 0.25) is 0 Å². The van der Waals surface area contributed by atoms with Gasteiger partial charge in [0.15, 0.2) is 12.1 Å². The molecule has 0 amide bonds. The zero-order chi connectivity index (χ0) is 41.4. The summed E-state index contributed by atoms with van der Waals surface area (Å²) in [6.07, 6.45) is 50.3. The normalized spacial score (nSPS) is 13.9. The number of likely N-dealkylation sites (N-methyl/N-ethyl adjacent to an activating group) is 1. The van der Waals surface area contributed by atoms with Gasteiger partial charge in [-0.1, -0.05) is 130 Å². The third kappa shape index (κ3) is 35.9. The van der Waals surface area contributed by atoms with Crippen molar-refractivity contribution in [3.63, 3.8) is 0 Å². The van der Waals surface area contributed by atoms with Crippen molar-refractivity contribution < 1.29 is 38.2 Å². The number of ether oxygens (including phenoxy) is 3. The molecule has 0 saturated heterocycles. The van der Waals surface area contributed by atoms with Crippen LogP contribution in [0.1, 0.15) is 136 Å². The zero-order valence-electron chi connectivity index (χ0n) is 35.8. The van der Waals surface area contributed by atoms with Crippen molar-refractivity contribution in [2.75, 3.05) is 41.0 Å². The largest absolute Gasteiger partial charge is 0.477 e. The van der Waals surface area contributed by atoms with Gasteiger partial charge in [-0.05, 0) is 83.5 Å². The number of unbranched alkanes of at least 4 members (excludes halogenated alkanes) is 6. The highest BCUT2D eigenvalue weighted by Crippen LogP contribution is 2.12. The second-order valence-electron chi connectivity index (χ2n) is 14.8. The summed E-state index contributed by atoms with van der Waals surface area (Å²) < 4.78 is 17.2. The van der Waals surface area contributed by atoms with Gasteiger partial charge in [0.1, 0.15) is 6.61 Å². The fraction of sp³-hybridized carbons (Fsp3) is 0.604. The van der Waals surface area contributed by atoms with Crippen LogP contribution in [-0.2, 0) is 28.6 Å². The molecule has 8 heteroatoms. The Balaban J connectivity index is 4.52. The number of carbonyl (C=O) groups is 3. The molecule has 0 aromatic carbocycles. The summed E-state index contributed by atoms with van der Waals surface area (Å²) in [7, 11) is 5.48. The van der Waals surface area contributed by atoms with Gasteiger partial charge in [0.25, 0.3) is 0 Å². The van der Waals surface area contributed by atoms with E-state index >= 15 is 0 Å². The van der Waals surface area contributed by atoms with E-state index in [1.54, 1.807) is 0 Å². The molecule has 1 N–H and O–H groups in total. The van der Waals surface area contributed by atoms with Crippen LogP contribution in [-0.4, -0.2) is 80.6 Å². The molecule has 0 aromatic heterocycles. The number of hydrogen-bond donors (Lipinski definition) is 1. The monoisotopic (exact) mass is 781 g/mol. The third-order valence-electron chi connectivity index (χ3n) is 8.73. The molecule has 0 saturated carbocycles. The van der Waals surface area contributed by atoms with E-state index in [0.717, 1.165) is 96.3 Å². The van der Waals surface area contributed by atoms with Crippen molar-refractivity contribution in [3.05, 3.63) is 97.2 Å². The predicted octanol–water partition coefficient (Wildman–Crippen LogP) is 11.5. The van der Waals surface area contributed by atoms with Crippen molar-refractivity contribution in [2.24, 2.45) is 0 Å². The Bertz CT molecular complexity index is 1230. The van der Waals surface area contributed by atoms with Crippen LogP contribution in [0.4, 0.5) is 0 Å². The minimum Gasteiger partial charge on any atom is -0.477 e. The number of esters is 2. The summed E-state index contributed by atoms with van der Waals surface area (Å²) >= 11 is 0. The van der Waals surface area contributed by atoms with Gasteiger partial charge in [0, 0.05) is 19.3 Å². The molecule has 0 aromatic rings. The van der Waals surface area contributed by atoms with Crippen LogP contribution < -0.4 is 0 Å². The number of aliphatic carboxylic acids is 1. The van der Waals surface area contributed by atoms with Crippen molar-refractivity contribution >= 4 is 17.9 Å². The Morgan fingerprint density at radius 2 is 0.964 bits per heavy atom. The van der Waals surface area contributed by atoms with Gasteiger partial charge >= 0.3 is 17.9 Å². The predicted molar refractivity (Wildman–Crippen MR) is 233 cm³/mol. The fourth-order valence-corrected chi connectivity index (χ4v) is 5.49. The molecule has 0 spiro atoms. The molecule has 0 aliphatic rings. The van der Waals surface area contributed by atoms with Gasteiger partial charge in [-0.3, -0.25) is 9.59 Å². The van der Waals surface area contributed by atoms with Crippen molar-refractivity contribution in [1.29, 1.82) is 0 Å². The molecule has 0 fully saturated rings. The molecule has 8 nitrogen and oxygen atoms in total. The van der Waals surface area contributed by atoms with E-state index in [1.807, 2.05) is 21.1 Å². The molecule has 0 radical (unpaired) electrons. The van der Waals surface area contributed by atoms with Gasteiger partial charge in [-0.25, -0.2) is 4.79 Å². The minimum atomic E-state index is -0.892. The first-order valence-electron chi connectivity index (χ1n) is 21.3. The Morgan fingerprint density at radius 1 is 0.536 bits per heavy atom.